The van der Waals surface area contributed by atoms with Gasteiger partial charge in [0.15, 0.2) is 9.74 Å². The minimum atomic E-state index is -1.07. The molecule has 4 aliphatic heterocycles. The number of rotatable bonds is 1. The maximum absolute atomic E-state index is 13.4. The zero-order chi connectivity index (χ0) is 19.1. The first-order chi connectivity index (χ1) is 12.1. The smallest absolute Gasteiger partial charge is 0.261 e. The fourth-order valence-electron chi connectivity index (χ4n) is 4.10. The van der Waals surface area contributed by atoms with E-state index in [0.717, 1.165) is 0 Å². The molecule has 5 rings (SSSR count). The number of hydrogen-bond donors (Lipinski definition) is 0. The van der Waals surface area contributed by atoms with E-state index in [-0.39, 0.29) is 18.2 Å². The predicted octanol–water partition coefficient (Wildman–Crippen LogP) is 4.08. The van der Waals surface area contributed by atoms with Gasteiger partial charge in [0.1, 0.15) is 0 Å². The first kappa shape index (κ1) is 18.3. The van der Waals surface area contributed by atoms with Crippen LogP contribution >= 0.6 is 44.8 Å². The van der Waals surface area contributed by atoms with Crippen molar-refractivity contribution in [3.63, 3.8) is 0 Å². The molecule has 5 nitrogen and oxygen atoms in total. The van der Waals surface area contributed by atoms with E-state index in [9.17, 15) is 14.9 Å². The van der Waals surface area contributed by atoms with Crippen molar-refractivity contribution in [3.05, 3.63) is 33.8 Å². The van der Waals surface area contributed by atoms with Crippen LogP contribution < -0.4 is 0 Å². The molecule has 4 fully saturated rings. The lowest BCUT2D eigenvalue weighted by Gasteiger charge is -2.57. The molecule has 4 atom stereocenters. The van der Waals surface area contributed by atoms with Crippen LogP contribution in [0.4, 0.5) is 0 Å². The van der Waals surface area contributed by atoms with Gasteiger partial charge in [0.2, 0.25) is 0 Å². The van der Waals surface area contributed by atoms with Crippen molar-refractivity contribution in [3.8, 4) is 6.07 Å². The standard InChI is InChI=1S/C17H15Cl2N3O2S2/c1-15(8-20)7-17-14(24)21(3)16(2,25-26-17)13(23)22(17)12(15)9-4-5-10(18)11(19)6-9/h4-6,12H,7H2,1-3H3/t12-,15+,16-,17-/m0/s1. The number of amides is 2. The van der Waals surface area contributed by atoms with Gasteiger partial charge in [-0.05, 0) is 31.5 Å². The van der Waals surface area contributed by atoms with Crippen molar-refractivity contribution >= 4 is 56.6 Å². The molecule has 4 saturated heterocycles. The van der Waals surface area contributed by atoms with Gasteiger partial charge in [-0.15, -0.1) is 0 Å². The summed E-state index contributed by atoms with van der Waals surface area (Å²) in [5, 5.41) is 10.7. The fraction of sp³-hybridized carbons (Fsp3) is 0.471. The zero-order valence-corrected chi connectivity index (χ0v) is 17.4. The molecular formula is C17H15Cl2N3O2S2. The maximum Gasteiger partial charge on any atom is 0.261 e. The Hall–Kier alpha value is -1.07. The number of hydrogen-bond acceptors (Lipinski definition) is 5. The van der Waals surface area contributed by atoms with Gasteiger partial charge in [0.05, 0.1) is 27.6 Å². The minimum Gasteiger partial charge on any atom is -0.319 e. The summed E-state index contributed by atoms with van der Waals surface area (Å²) < 4.78 is 0. The summed E-state index contributed by atoms with van der Waals surface area (Å²) in [5.74, 6) is -0.286. The highest BCUT2D eigenvalue weighted by Crippen LogP contribution is 2.69. The zero-order valence-electron chi connectivity index (χ0n) is 14.2. The van der Waals surface area contributed by atoms with Crippen LogP contribution in [-0.4, -0.2) is 38.4 Å². The monoisotopic (exact) mass is 427 g/mol. The molecule has 0 saturated carbocycles. The Bertz CT molecular complexity index is 906. The molecule has 1 aromatic carbocycles. The van der Waals surface area contributed by atoms with Crippen molar-refractivity contribution in [1.82, 2.24) is 9.80 Å². The molecule has 4 aliphatic rings. The van der Waals surface area contributed by atoms with E-state index in [1.165, 1.54) is 26.5 Å². The van der Waals surface area contributed by atoms with Gasteiger partial charge in [-0.25, -0.2) is 0 Å². The molecule has 2 bridgehead atoms. The Morgan fingerprint density at radius 1 is 1.19 bits per heavy atom. The summed E-state index contributed by atoms with van der Waals surface area (Å²) in [7, 11) is 4.43. The molecule has 0 aliphatic carbocycles. The quantitative estimate of drug-likeness (QED) is 0.631. The lowest BCUT2D eigenvalue weighted by atomic mass is 9.79. The van der Waals surface area contributed by atoms with Crippen molar-refractivity contribution < 1.29 is 9.59 Å². The van der Waals surface area contributed by atoms with E-state index >= 15 is 0 Å². The number of likely N-dealkylation sites (N-methyl/N-ethyl adjacent to an activating group) is 1. The van der Waals surface area contributed by atoms with Gasteiger partial charge >= 0.3 is 0 Å². The summed E-state index contributed by atoms with van der Waals surface area (Å²) in [5.41, 5.74) is -0.210. The summed E-state index contributed by atoms with van der Waals surface area (Å²) in [6.45, 7) is 3.55. The maximum atomic E-state index is 13.4. The molecule has 0 aromatic heterocycles. The Balaban J connectivity index is 1.95. The predicted molar refractivity (Wildman–Crippen MR) is 103 cm³/mol. The SMILES string of the molecule is CN1C(=O)[C@@]23C[C@](C)(C#N)[C@H](c4ccc(Cl)c(Cl)c4)N2C(=O)[C@]1(C)SS3. The summed E-state index contributed by atoms with van der Waals surface area (Å²) >= 11 is 12.2. The van der Waals surface area contributed by atoms with Crippen LogP contribution in [0.5, 0.6) is 0 Å². The first-order valence-electron chi connectivity index (χ1n) is 7.96. The normalized spacial score (nSPS) is 38.5. The number of halogens is 2. The average molecular weight is 428 g/mol. The second-order valence-electron chi connectivity index (χ2n) is 7.26. The molecule has 136 valence electrons. The van der Waals surface area contributed by atoms with E-state index in [2.05, 4.69) is 6.07 Å². The van der Waals surface area contributed by atoms with Crippen LogP contribution in [0, 0.1) is 16.7 Å². The van der Waals surface area contributed by atoms with Crippen LogP contribution in [0.25, 0.3) is 0 Å². The largest absolute Gasteiger partial charge is 0.319 e. The number of carbonyl (C=O) groups excluding carboxylic acids is 2. The molecule has 26 heavy (non-hydrogen) atoms. The van der Waals surface area contributed by atoms with Crippen LogP contribution in [-0.2, 0) is 9.59 Å². The lowest BCUT2D eigenvalue weighted by Crippen LogP contribution is -2.73. The summed E-state index contributed by atoms with van der Waals surface area (Å²) in [6.07, 6.45) is 0.268. The highest BCUT2D eigenvalue weighted by molar-refractivity contribution is 8.78. The number of benzene rings is 1. The molecular weight excluding hydrogens is 413 g/mol. The van der Waals surface area contributed by atoms with E-state index in [1.54, 1.807) is 44.0 Å². The van der Waals surface area contributed by atoms with Crippen LogP contribution in [0.3, 0.4) is 0 Å². The molecule has 0 unspecified atom stereocenters. The molecule has 2 amide bonds. The first-order valence-corrected chi connectivity index (χ1v) is 10.9. The molecule has 1 spiro atoms. The average Bonchev–Trinajstić information content (AvgIpc) is 2.89. The van der Waals surface area contributed by atoms with Crippen LogP contribution in [0.15, 0.2) is 18.2 Å². The van der Waals surface area contributed by atoms with Gasteiger partial charge < -0.3 is 9.80 Å². The van der Waals surface area contributed by atoms with Crippen molar-refractivity contribution in [2.24, 2.45) is 5.41 Å². The van der Waals surface area contributed by atoms with E-state index in [0.29, 0.717) is 15.6 Å². The van der Waals surface area contributed by atoms with Gasteiger partial charge in [-0.2, -0.15) is 5.26 Å². The summed E-state index contributed by atoms with van der Waals surface area (Å²) in [4.78, 5) is 27.7. The molecule has 4 heterocycles. The van der Waals surface area contributed by atoms with Gasteiger partial charge in [0, 0.05) is 13.5 Å². The Labute approximate surface area is 169 Å². The van der Waals surface area contributed by atoms with Crippen molar-refractivity contribution in [2.45, 2.75) is 36.1 Å². The number of nitrogens with zero attached hydrogens (tertiary/aromatic N) is 3. The van der Waals surface area contributed by atoms with E-state index in [4.69, 9.17) is 23.2 Å². The number of nitriles is 1. The topological polar surface area (TPSA) is 64.4 Å². The fourth-order valence-corrected chi connectivity index (χ4v) is 7.99. The van der Waals surface area contributed by atoms with Gasteiger partial charge in [0.25, 0.3) is 11.8 Å². The molecule has 9 heteroatoms. The third kappa shape index (κ3) is 2.02. The summed E-state index contributed by atoms with van der Waals surface area (Å²) in [6, 6.07) is 6.91. The highest BCUT2D eigenvalue weighted by atomic mass is 35.5. The molecule has 0 radical (unpaired) electrons. The number of fused-ring (bicyclic) bond motifs is 2. The van der Waals surface area contributed by atoms with Crippen molar-refractivity contribution in [2.75, 3.05) is 7.05 Å². The lowest BCUT2D eigenvalue weighted by molar-refractivity contribution is -0.164. The van der Waals surface area contributed by atoms with Gasteiger partial charge in [-0.3, -0.25) is 9.59 Å². The Morgan fingerprint density at radius 3 is 2.50 bits per heavy atom. The second-order valence-corrected chi connectivity index (χ2v) is 10.9. The van der Waals surface area contributed by atoms with Crippen LogP contribution in [0.2, 0.25) is 10.0 Å². The minimum absolute atomic E-state index is 0.132. The molecule has 1 aromatic rings. The third-order valence-corrected chi connectivity index (χ3v) is 10.0. The highest BCUT2D eigenvalue weighted by Gasteiger charge is 2.74. The number of carbonyl (C=O) groups is 2. The van der Waals surface area contributed by atoms with Gasteiger partial charge in [-0.1, -0.05) is 50.9 Å². The second kappa shape index (κ2) is 5.48. The Kier molecular flexibility index (Phi) is 3.86. The molecule has 0 N–H and O–H groups in total. The van der Waals surface area contributed by atoms with E-state index < -0.39 is 21.2 Å². The Morgan fingerprint density at radius 2 is 1.88 bits per heavy atom. The van der Waals surface area contributed by atoms with Crippen LogP contribution in [0.1, 0.15) is 31.9 Å². The number of piperazine rings is 1. The van der Waals surface area contributed by atoms with Crippen molar-refractivity contribution in [1.29, 1.82) is 5.26 Å². The third-order valence-electron chi connectivity index (χ3n) is 5.61. The van der Waals surface area contributed by atoms with E-state index in [1.807, 2.05) is 0 Å².